The molecule has 1 aromatic carbocycles. The molecule has 0 spiro atoms. The van der Waals surface area contributed by atoms with Gasteiger partial charge in [-0.15, -0.1) is 0 Å². The number of halogens is 1. The molecule has 0 aliphatic heterocycles. The fourth-order valence-corrected chi connectivity index (χ4v) is 1.88. The van der Waals surface area contributed by atoms with Gasteiger partial charge in [-0.3, -0.25) is 4.79 Å². The molecule has 0 fully saturated rings. The normalized spacial score (nSPS) is 12.2. The maximum Gasteiger partial charge on any atom is 0.236 e. The van der Waals surface area contributed by atoms with Crippen LogP contribution in [0.25, 0.3) is 0 Å². The van der Waals surface area contributed by atoms with Gasteiger partial charge in [0.25, 0.3) is 0 Å². The minimum absolute atomic E-state index is 0.114. The molecule has 2 nitrogen and oxygen atoms in total. The van der Waals surface area contributed by atoms with E-state index in [1.165, 1.54) is 11.1 Å². The Bertz CT molecular complexity index is 363. The van der Waals surface area contributed by atoms with Crippen LogP contribution in [0.3, 0.4) is 0 Å². The first kappa shape index (κ1) is 13.2. The Balaban J connectivity index is 2.78. The van der Waals surface area contributed by atoms with E-state index in [1.54, 1.807) is 0 Å². The first-order chi connectivity index (χ1) is 7.56. The number of hydrogen-bond donors (Lipinski definition) is 0. The minimum atomic E-state index is -0.114. The van der Waals surface area contributed by atoms with Crippen molar-refractivity contribution in [3.8, 4) is 0 Å². The van der Waals surface area contributed by atoms with E-state index in [0.717, 1.165) is 6.54 Å². The van der Waals surface area contributed by atoms with Crippen molar-refractivity contribution in [3.63, 3.8) is 0 Å². The van der Waals surface area contributed by atoms with Gasteiger partial charge in [0, 0.05) is 13.1 Å². The van der Waals surface area contributed by atoms with E-state index in [4.69, 9.17) is 0 Å². The molecule has 0 bridgehead atoms. The molecule has 0 aliphatic rings. The molecule has 0 saturated heterocycles. The highest BCUT2D eigenvalue weighted by Crippen LogP contribution is 2.12. The van der Waals surface area contributed by atoms with Crippen LogP contribution in [0.4, 0.5) is 0 Å². The lowest BCUT2D eigenvalue weighted by molar-refractivity contribution is -0.130. The van der Waals surface area contributed by atoms with Crippen molar-refractivity contribution < 1.29 is 4.79 Å². The lowest BCUT2D eigenvalue weighted by Crippen LogP contribution is -2.35. The van der Waals surface area contributed by atoms with Gasteiger partial charge in [0.15, 0.2) is 0 Å². The van der Waals surface area contributed by atoms with E-state index in [2.05, 4.69) is 35.0 Å². The minimum Gasteiger partial charge on any atom is -0.338 e. The van der Waals surface area contributed by atoms with Crippen LogP contribution in [0.5, 0.6) is 0 Å². The Morgan fingerprint density at radius 3 is 2.56 bits per heavy atom. The molecule has 1 aromatic rings. The molecular weight excluding hydrogens is 266 g/mol. The Labute approximate surface area is 106 Å². The summed E-state index contributed by atoms with van der Waals surface area (Å²) in [6.45, 7) is 7.38. The van der Waals surface area contributed by atoms with Gasteiger partial charge in [-0.2, -0.15) is 0 Å². The standard InChI is InChI=1S/C13H18BrNO/c1-4-15(13(16)11(3)14)9-12-8-6-5-7-10(12)2/h5-8,11H,4,9H2,1-3H3. The zero-order valence-electron chi connectivity index (χ0n) is 10.0. The molecule has 3 heteroatoms. The Morgan fingerprint density at radius 2 is 2.06 bits per heavy atom. The van der Waals surface area contributed by atoms with E-state index >= 15 is 0 Å². The average Bonchev–Trinajstić information content (AvgIpc) is 2.27. The predicted molar refractivity (Wildman–Crippen MR) is 70.7 cm³/mol. The van der Waals surface area contributed by atoms with Crippen molar-refractivity contribution in [2.24, 2.45) is 0 Å². The number of carbonyl (C=O) groups excluding carboxylic acids is 1. The van der Waals surface area contributed by atoms with Gasteiger partial charge in [-0.05, 0) is 31.9 Å². The molecule has 0 aliphatic carbocycles. The smallest absolute Gasteiger partial charge is 0.236 e. The molecule has 0 saturated carbocycles. The summed E-state index contributed by atoms with van der Waals surface area (Å²) in [6.07, 6.45) is 0. The van der Waals surface area contributed by atoms with Gasteiger partial charge in [0.2, 0.25) is 5.91 Å². The third-order valence-electron chi connectivity index (χ3n) is 2.66. The van der Waals surface area contributed by atoms with Crippen molar-refractivity contribution in [1.29, 1.82) is 0 Å². The summed E-state index contributed by atoms with van der Waals surface area (Å²) in [6, 6.07) is 8.18. The van der Waals surface area contributed by atoms with Crippen molar-refractivity contribution in [1.82, 2.24) is 4.90 Å². The maximum absolute atomic E-state index is 11.9. The fourth-order valence-electron chi connectivity index (χ4n) is 1.59. The highest BCUT2D eigenvalue weighted by Gasteiger charge is 2.17. The molecule has 1 rings (SSSR count). The number of amides is 1. The van der Waals surface area contributed by atoms with E-state index in [-0.39, 0.29) is 10.7 Å². The molecule has 0 radical (unpaired) electrons. The van der Waals surface area contributed by atoms with Gasteiger partial charge >= 0.3 is 0 Å². The Morgan fingerprint density at radius 1 is 1.44 bits per heavy atom. The molecule has 0 aromatic heterocycles. The van der Waals surface area contributed by atoms with Crippen LogP contribution in [0, 0.1) is 6.92 Å². The van der Waals surface area contributed by atoms with Crippen LogP contribution in [0.2, 0.25) is 0 Å². The van der Waals surface area contributed by atoms with Crippen LogP contribution >= 0.6 is 15.9 Å². The second-order valence-corrected chi connectivity index (χ2v) is 5.27. The number of carbonyl (C=O) groups is 1. The van der Waals surface area contributed by atoms with Crippen molar-refractivity contribution in [3.05, 3.63) is 35.4 Å². The van der Waals surface area contributed by atoms with Crippen molar-refractivity contribution >= 4 is 21.8 Å². The summed E-state index contributed by atoms with van der Waals surface area (Å²) in [5, 5.41) is 0. The van der Waals surface area contributed by atoms with Gasteiger partial charge < -0.3 is 4.90 Å². The van der Waals surface area contributed by atoms with Gasteiger partial charge in [0.1, 0.15) is 0 Å². The zero-order valence-corrected chi connectivity index (χ0v) is 11.6. The van der Waals surface area contributed by atoms with E-state index < -0.39 is 0 Å². The van der Waals surface area contributed by atoms with Crippen LogP contribution in [0.15, 0.2) is 24.3 Å². The summed E-state index contributed by atoms with van der Waals surface area (Å²) in [5.41, 5.74) is 2.45. The third kappa shape index (κ3) is 3.34. The van der Waals surface area contributed by atoms with Gasteiger partial charge in [-0.25, -0.2) is 0 Å². The molecule has 1 amide bonds. The van der Waals surface area contributed by atoms with Crippen LogP contribution in [-0.4, -0.2) is 22.2 Å². The third-order valence-corrected chi connectivity index (χ3v) is 3.05. The Kier molecular flexibility index (Phi) is 5.00. The summed E-state index contributed by atoms with van der Waals surface area (Å²) in [4.78, 5) is 13.6. The molecule has 88 valence electrons. The van der Waals surface area contributed by atoms with E-state index in [1.807, 2.05) is 30.9 Å². The van der Waals surface area contributed by atoms with Crippen LogP contribution in [-0.2, 0) is 11.3 Å². The van der Waals surface area contributed by atoms with E-state index in [0.29, 0.717) is 6.54 Å². The number of alkyl halides is 1. The van der Waals surface area contributed by atoms with Gasteiger partial charge in [0.05, 0.1) is 4.83 Å². The first-order valence-corrected chi connectivity index (χ1v) is 6.45. The fraction of sp³-hybridized carbons (Fsp3) is 0.462. The molecule has 1 unspecified atom stereocenters. The second-order valence-electron chi connectivity index (χ2n) is 3.89. The highest BCUT2D eigenvalue weighted by atomic mass is 79.9. The SMILES string of the molecule is CCN(Cc1ccccc1C)C(=O)C(C)Br. The van der Waals surface area contributed by atoms with Crippen molar-refractivity contribution in [2.75, 3.05) is 6.54 Å². The van der Waals surface area contributed by atoms with E-state index in [9.17, 15) is 4.79 Å². The Hall–Kier alpha value is -0.830. The predicted octanol–water partition coefficient (Wildman–Crippen LogP) is 3.13. The molecular formula is C13H18BrNO. The number of rotatable bonds is 4. The number of aryl methyl sites for hydroxylation is 1. The number of nitrogens with zero attached hydrogens (tertiary/aromatic N) is 1. The largest absolute Gasteiger partial charge is 0.338 e. The summed E-state index contributed by atoms with van der Waals surface area (Å²) >= 11 is 3.32. The number of hydrogen-bond acceptors (Lipinski definition) is 1. The van der Waals surface area contributed by atoms with Crippen LogP contribution in [0.1, 0.15) is 25.0 Å². The first-order valence-electron chi connectivity index (χ1n) is 5.53. The topological polar surface area (TPSA) is 20.3 Å². The summed E-state index contributed by atoms with van der Waals surface area (Å²) < 4.78 is 0. The van der Waals surface area contributed by atoms with Crippen LogP contribution < -0.4 is 0 Å². The highest BCUT2D eigenvalue weighted by molar-refractivity contribution is 9.10. The average molecular weight is 284 g/mol. The lowest BCUT2D eigenvalue weighted by atomic mass is 10.1. The number of benzene rings is 1. The zero-order chi connectivity index (χ0) is 12.1. The monoisotopic (exact) mass is 283 g/mol. The molecule has 0 heterocycles. The van der Waals surface area contributed by atoms with Crippen molar-refractivity contribution in [2.45, 2.75) is 32.1 Å². The summed E-state index contributed by atoms with van der Waals surface area (Å²) in [7, 11) is 0. The molecule has 1 atom stereocenters. The molecule has 16 heavy (non-hydrogen) atoms. The summed E-state index contributed by atoms with van der Waals surface area (Å²) in [5.74, 6) is 0.144. The second kappa shape index (κ2) is 6.04. The maximum atomic E-state index is 11.9. The van der Waals surface area contributed by atoms with Gasteiger partial charge in [-0.1, -0.05) is 40.2 Å². The quantitative estimate of drug-likeness (QED) is 0.778. The molecule has 0 N–H and O–H groups in total. The lowest BCUT2D eigenvalue weighted by Gasteiger charge is -2.23.